The molecule has 0 bridgehead atoms. The zero-order valence-corrected chi connectivity index (χ0v) is 18.7. The average molecular weight is 467 g/mol. The number of methoxy groups -OCH3 is 1. The summed E-state index contributed by atoms with van der Waals surface area (Å²) in [5.41, 5.74) is 1.61. The Balaban J connectivity index is 1.50. The summed E-state index contributed by atoms with van der Waals surface area (Å²) < 4.78 is 5.46. The number of carbonyl (C=O) groups excluding carboxylic acids is 1. The van der Waals surface area contributed by atoms with Gasteiger partial charge in [0.2, 0.25) is 0 Å². The Labute approximate surface area is 196 Å². The summed E-state index contributed by atoms with van der Waals surface area (Å²) in [6, 6.07) is 15.9. The van der Waals surface area contributed by atoms with Crippen molar-refractivity contribution in [3.63, 3.8) is 0 Å². The van der Waals surface area contributed by atoms with Gasteiger partial charge in [0.25, 0.3) is 5.91 Å². The first-order chi connectivity index (χ1) is 16.0. The van der Waals surface area contributed by atoms with Crippen LogP contribution in [0.1, 0.15) is 20.7 Å². The molecule has 0 saturated carbocycles. The van der Waals surface area contributed by atoms with Crippen LogP contribution in [0.3, 0.4) is 0 Å². The number of halogens is 1. The van der Waals surface area contributed by atoms with Crippen molar-refractivity contribution in [3.8, 4) is 5.75 Å². The highest BCUT2D eigenvalue weighted by Crippen LogP contribution is 2.30. The van der Waals surface area contributed by atoms with Gasteiger partial charge in [-0.2, -0.15) is 0 Å². The Morgan fingerprint density at radius 2 is 1.67 bits per heavy atom. The van der Waals surface area contributed by atoms with Gasteiger partial charge in [0.1, 0.15) is 17.1 Å². The Bertz CT molecular complexity index is 1180. The summed E-state index contributed by atoms with van der Waals surface area (Å²) in [7, 11) is 1.64. The summed E-state index contributed by atoms with van der Waals surface area (Å²) in [6.07, 6.45) is 1.46. The lowest BCUT2D eigenvalue weighted by Crippen LogP contribution is -2.47. The Morgan fingerprint density at radius 3 is 2.36 bits per heavy atom. The fraction of sp³-hybridized carbons (Fsp3) is 0.208. The number of anilines is 3. The molecule has 8 nitrogen and oxygen atoms in total. The van der Waals surface area contributed by atoms with Crippen molar-refractivity contribution in [2.24, 2.45) is 0 Å². The SMILES string of the molecule is COc1ccccc1N1CCN(c2ncc(NC(=O)c3ccccc3Cl)cc2C(=O)O)CC1. The molecule has 4 rings (SSSR count). The summed E-state index contributed by atoms with van der Waals surface area (Å²) in [5.74, 6) is -0.373. The molecule has 170 valence electrons. The zero-order chi connectivity index (χ0) is 23.4. The summed E-state index contributed by atoms with van der Waals surface area (Å²) in [4.78, 5) is 33.0. The van der Waals surface area contributed by atoms with Gasteiger partial charge in [-0.1, -0.05) is 35.9 Å². The first kappa shape index (κ1) is 22.4. The number of para-hydroxylation sites is 2. The van der Waals surface area contributed by atoms with Crippen molar-refractivity contribution in [2.45, 2.75) is 0 Å². The number of nitrogens with zero attached hydrogens (tertiary/aromatic N) is 3. The minimum atomic E-state index is -1.11. The molecule has 0 unspecified atom stereocenters. The number of amides is 1. The van der Waals surface area contributed by atoms with Gasteiger partial charge >= 0.3 is 5.97 Å². The van der Waals surface area contributed by atoms with Crippen LogP contribution < -0.4 is 19.9 Å². The Hall–Kier alpha value is -3.78. The molecule has 2 aromatic carbocycles. The predicted octanol–water partition coefficient (Wildman–Crippen LogP) is 4.02. The van der Waals surface area contributed by atoms with Gasteiger partial charge in [-0.3, -0.25) is 4.79 Å². The molecule has 3 aromatic rings. The molecule has 0 aliphatic carbocycles. The van der Waals surface area contributed by atoms with E-state index >= 15 is 0 Å². The fourth-order valence-electron chi connectivity index (χ4n) is 3.83. The third kappa shape index (κ3) is 4.85. The number of aromatic nitrogens is 1. The van der Waals surface area contributed by atoms with Crippen LogP contribution in [0, 0.1) is 0 Å². The number of nitrogens with one attached hydrogen (secondary N) is 1. The first-order valence-electron chi connectivity index (χ1n) is 10.4. The van der Waals surface area contributed by atoms with Crippen LogP contribution in [0.4, 0.5) is 17.2 Å². The number of benzene rings is 2. The Kier molecular flexibility index (Phi) is 6.65. The van der Waals surface area contributed by atoms with Crippen LogP contribution in [0.5, 0.6) is 5.75 Å². The van der Waals surface area contributed by atoms with Crippen LogP contribution in [-0.4, -0.2) is 55.3 Å². The van der Waals surface area contributed by atoms with Gasteiger partial charge in [0.05, 0.1) is 35.3 Å². The van der Waals surface area contributed by atoms with Crippen LogP contribution in [0.2, 0.25) is 5.02 Å². The van der Waals surface area contributed by atoms with Crippen molar-refractivity contribution >= 4 is 40.7 Å². The van der Waals surface area contributed by atoms with E-state index < -0.39 is 11.9 Å². The molecule has 1 aliphatic heterocycles. The zero-order valence-electron chi connectivity index (χ0n) is 18.0. The van der Waals surface area contributed by atoms with E-state index in [1.165, 1.54) is 12.3 Å². The molecule has 9 heteroatoms. The van der Waals surface area contributed by atoms with Gasteiger partial charge in [0.15, 0.2) is 0 Å². The molecule has 2 heterocycles. The monoisotopic (exact) mass is 466 g/mol. The largest absolute Gasteiger partial charge is 0.495 e. The average Bonchev–Trinajstić information content (AvgIpc) is 2.84. The Morgan fingerprint density at radius 1 is 1.00 bits per heavy atom. The van der Waals surface area contributed by atoms with Gasteiger partial charge in [-0.15, -0.1) is 0 Å². The number of carbonyl (C=O) groups is 2. The van der Waals surface area contributed by atoms with Gasteiger partial charge in [-0.25, -0.2) is 9.78 Å². The van der Waals surface area contributed by atoms with E-state index in [1.807, 2.05) is 29.2 Å². The molecule has 2 N–H and O–H groups in total. The molecule has 1 amide bonds. The molecule has 0 atom stereocenters. The minimum absolute atomic E-state index is 0.0256. The third-order valence-corrected chi connectivity index (χ3v) is 5.81. The number of ether oxygens (including phenoxy) is 1. The standard InChI is InChI=1S/C24H23ClN4O4/c1-33-21-9-5-4-8-20(21)28-10-12-29(13-11-28)22-18(24(31)32)14-16(15-26-22)27-23(30)17-6-2-3-7-19(17)25/h2-9,14-15H,10-13H2,1H3,(H,27,30)(H,31,32). The quantitative estimate of drug-likeness (QED) is 0.566. The third-order valence-electron chi connectivity index (χ3n) is 5.48. The van der Waals surface area contributed by atoms with Gasteiger partial charge < -0.3 is 25.0 Å². The maximum Gasteiger partial charge on any atom is 0.339 e. The number of hydrogen-bond acceptors (Lipinski definition) is 6. The lowest BCUT2D eigenvalue weighted by atomic mass is 10.1. The molecule has 0 radical (unpaired) electrons. The number of aromatic carboxylic acids is 1. The second-order valence-corrected chi connectivity index (χ2v) is 7.89. The highest BCUT2D eigenvalue weighted by atomic mass is 35.5. The highest BCUT2D eigenvalue weighted by molar-refractivity contribution is 6.34. The molecule has 33 heavy (non-hydrogen) atoms. The molecule has 1 aromatic heterocycles. The second-order valence-electron chi connectivity index (χ2n) is 7.48. The van der Waals surface area contributed by atoms with Gasteiger partial charge in [-0.05, 0) is 30.3 Å². The molecule has 1 aliphatic rings. The van der Waals surface area contributed by atoms with E-state index in [0.29, 0.717) is 42.6 Å². The predicted molar refractivity (Wildman–Crippen MR) is 128 cm³/mol. The normalized spacial score (nSPS) is 13.5. The number of carboxylic acid groups (broad SMARTS) is 1. The van der Waals surface area contributed by atoms with Crippen molar-refractivity contribution < 1.29 is 19.4 Å². The smallest absolute Gasteiger partial charge is 0.339 e. The number of rotatable bonds is 6. The van der Waals surface area contributed by atoms with Crippen molar-refractivity contribution in [3.05, 3.63) is 76.9 Å². The van der Waals surface area contributed by atoms with E-state index in [1.54, 1.807) is 31.4 Å². The van der Waals surface area contributed by atoms with E-state index in [-0.39, 0.29) is 11.3 Å². The molecular weight excluding hydrogens is 444 g/mol. The number of carboxylic acids is 1. The maximum atomic E-state index is 12.5. The number of hydrogen-bond donors (Lipinski definition) is 2. The molecule has 0 spiro atoms. The van der Waals surface area contributed by atoms with E-state index in [0.717, 1.165) is 11.4 Å². The topological polar surface area (TPSA) is 95.0 Å². The second kappa shape index (κ2) is 9.79. The number of piperazine rings is 1. The van der Waals surface area contributed by atoms with Gasteiger partial charge in [0, 0.05) is 26.2 Å². The fourth-order valence-corrected chi connectivity index (χ4v) is 4.05. The lowest BCUT2D eigenvalue weighted by molar-refractivity contribution is 0.0696. The number of pyridine rings is 1. The molecule has 1 saturated heterocycles. The van der Waals surface area contributed by atoms with Crippen LogP contribution in [0.25, 0.3) is 0 Å². The first-order valence-corrected chi connectivity index (χ1v) is 10.8. The van der Waals surface area contributed by atoms with E-state index in [9.17, 15) is 14.7 Å². The summed E-state index contributed by atoms with van der Waals surface area (Å²) in [5, 5.41) is 12.8. The van der Waals surface area contributed by atoms with Crippen LogP contribution in [0.15, 0.2) is 60.8 Å². The summed E-state index contributed by atoms with van der Waals surface area (Å²) in [6.45, 7) is 2.56. The summed E-state index contributed by atoms with van der Waals surface area (Å²) >= 11 is 6.08. The van der Waals surface area contributed by atoms with Crippen molar-refractivity contribution in [1.82, 2.24) is 4.98 Å². The minimum Gasteiger partial charge on any atom is -0.495 e. The molecule has 1 fully saturated rings. The van der Waals surface area contributed by atoms with Crippen molar-refractivity contribution in [1.29, 1.82) is 0 Å². The highest BCUT2D eigenvalue weighted by Gasteiger charge is 2.25. The van der Waals surface area contributed by atoms with Crippen molar-refractivity contribution in [2.75, 3.05) is 48.4 Å². The lowest BCUT2D eigenvalue weighted by Gasteiger charge is -2.37. The molecular formula is C24H23ClN4O4. The van der Waals surface area contributed by atoms with Crippen LogP contribution >= 0.6 is 11.6 Å². The maximum absolute atomic E-state index is 12.5. The van der Waals surface area contributed by atoms with Crippen LogP contribution in [-0.2, 0) is 0 Å². The van der Waals surface area contributed by atoms with E-state index in [4.69, 9.17) is 16.3 Å². The van der Waals surface area contributed by atoms with E-state index in [2.05, 4.69) is 15.2 Å².